The van der Waals surface area contributed by atoms with Crippen LogP contribution in [-0.2, 0) is 28.6 Å². The highest BCUT2D eigenvalue weighted by Gasteiger charge is 2.19. The molecule has 0 heterocycles. The monoisotopic (exact) mass is 1060 g/mol. The molecule has 436 valence electrons. The summed E-state index contributed by atoms with van der Waals surface area (Å²) in [5, 5.41) is 0. The molecule has 0 radical (unpaired) electrons. The Morgan fingerprint density at radius 1 is 0.276 bits per heavy atom. The second kappa shape index (κ2) is 63.9. The first-order valence-corrected chi connectivity index (χ1v) is 32.2. The molecule has 0 saturated heterocycles. The van der Waals surface area contributed by atoms with Gasteiger partial charge in [-0.05, 0) is 116 Å². The standard InChI is InChI=1S/C70H120O6/c1-4-7-10-13-16-19-22-24-26-27-28-29-30-31-32-33-34-35-36-37-38-39-40-41-42-43-44-46-48-51-54-57-60-63-69(72)75-66-67(65-74-68(71)62-59-56-53-50-47-21-18-15-12-9-6-3)76-70(73)64-61-58-55-52-49-45-25-23-20-17-14-11-8-5-2/h7,10,15-16,18-19,23-26,28-29,31-32,34-35,67H,4-6,8-9,11-14,17,20-22,27,30,33,36-66H2,1-3H3/b10-7-,18-15-,19-16-,25-23-,26-24-,29-28-,32-31-,35-34-. The maximum absolute atomic E-state index is 12.8. The van der Waals surface area contributed by atoms with Gasteiger partial charge in [-0.1, -0.05) is 272 Å². The van der Waals surface area contributed by atoms with Crippen LogP contribution in [0.5, 0.6) is 0 Å². The lowest BCUT2D eigenvalue weighted by Gasteiger charge is -2.18. The quantitative estimate of drug-likeness (QED) is 0.0261. The van der Waals surface area contributed by atoms with Crippen LogP contribution in [0.4, 0.5) is 0 Å². The summed E-state index contributed by atoms with van der Waals surface area (Å²) in [6.45, 7) is 6.48. The Morgan fingerprint density at radius 3 is 0.855 bits per heavy atom. The average molecular weight is 1060 g/mol. The Hall–Kier alpha value is -3.67. The first kappa shape index (κ1) is 72.3. The average Bonchev–Trinajstić information content (AvgIpc) is 3.42. The van der Waals surface area contributed by atoms with Crippen molar-refractivity contribution in [2.75, 3.05) is 13.2 Å². The molecular formula is C70H120O6. The molecule has 0 N–H and O–H groups in total. The Morgan fingerprint density at radius 2 is 0.526 bits per heavy atom. The largest absolute Gasteiger partial charge is 0.462 e. The van der Waals surface area contributed by atoms with Crippen LogP contribution in [0.15, 0.2) is 97.2 Å². The molecule has 0 aromatic rings. The number of rotatable bonds is 58. The summed E-state index contributed by atoms with van der Waals surface area (Å²) in [4.78, 5) is 38.2. The van der Waals surface area contributed by atoms with Crippen LogP contribution in [0.1, 0.15) is 310 Å². The first-order valence-electron chi connectivity index (χ1n) is 32.2. The number of hydrogen-bond donors (Lipinski definition) is 0. The number of allylic oxidation sites excluding steroid dienone is 16. The van der Waals surface area contributed by atoms with E-state index in [1.54, 1.807) is 0 Å². The molecule has 0 aliphatic rings. The van der Waals surface area contributed by atoms with Gasteiger partial charge in [0.2, 0.25) is 0 Å². The Kier molecular flexibility index (Phi) is 60.8. The molecule has 0 rings (SSSR count). The van der Waals surface area contributed by atoms with Crippen LogP contribution in [0.25, 0.3) is 0 Å². The van der Waals surface area contributed by atoms with Gasteiger partial charge < -0.3 is 14.2 Å². The van der Waals surface area contributed by atoms with Gasteiger partial charge in [0.15, 0.2) is 6.10 Å². The van der Waals surface area contributed by atoms with Crippen molar-refractivity contribution in [3.63, 3.8) is 0 Å². The Bertz CT molecular complexity index is 1490. The lowest BCUT2D eigenvalue weighted by molar-refractivity contribution is -0.167. The molecule has 1 atom stereocenters. The van der Waals surface area contributed by atoms with Crippen molar-refractivity contribution in [3.8, 4) is 0 Å². The minimum Gasteiger partial charge on any atom is -0.462 e. The van der Waals surface area contributed by atoms with E-state index in [0.29, 0.717) is 19.3 Å². The maximum atomic E-state index is 12.8. The number of carbonyl (C=O) groups is 3. The summed E-state index contributed by atoms with van der Waals surface area (Å²) in [6, 6.07) is 0. The molecule has 0 aromatic heterocycles. The van der Waals surface area contributed by atoms with Crippen molar-refractivity contribution in [2.24, 2.45) is 0 Å². The molecule has 0 aromatic carbocycles. The van der Waals surface area contributed by atoms with Gasteiger partial charge in [0.05, 0.1) is 0 Å². The van der Waals surface area contributed by atoms with Gasteiger partial charge in [-0.15, -0.1) is 0 Å². The van der Waals surface area contributed by atoms with Crippen molar-refractivity contribution in [1.29, 1.82) is 0 Å². The minimum atomic E-state index is -0.784. The minimum absolute atomic E-state index is 0.0813. The van der Waals surface area contributed by atoms with E-state index in [2.05, 4.69) is 118 Å². The first-order chi connectivity index (χ1) is 37.5. The van der Waals surface area contributed by atoms with Gasteiger partial charge in [0, 0.05) is 19.3 Å². The highest BCUT2D eigenvalue weighted by Crippen LogP contribution is 2.16. The number of ether oxygens (including phenoxy) is 3. The molecular weight excluding hydrogens is 937 g/mol. The van der Waals surface area contributed by atoms with E-state index in [-0.39, 0.29) is 31.1 Å². The molecule has 0 saturated carbocycles. The second-order valence-corrected chi connectivity index (χ2v) is 21.3. The van der Waals surface area contributed by atoms with E-state index in [9.17, 15) is 14.4 Å². The third-order valence-electron chi connectivity index (χ3n) is 13.8. The van der Waals surface area contributed by atoms with Crippen LogP contribution in [0, 0.1) is 0 Å². The zero-order valence-corrected chi connectivity index (χ0v) is 50.0. The molecule has 1 unspecified atom stereocenters. The number of unbranched alkanes of at least 4 members (excludes halogenated alkanes) is 31. The van der Waals surface area contributed by atoms with Gasteiger partial charge >= 0.3 is 17.9 Å². The second-order valence-electron chi connectivity index (χ2n) is 21.3. The Labute approximate surface area is 470 Å². The summed E-state index contributed by atoms with van der Waals surface area (Å²) in [5.74, 6) is -0.892. The van der Waals surface area contributed by atoms with Gasteiger partial charge in [0.25, 0.3) is 0 Å². The highest BCUT2D eigenvalue weighted by atomic mass is 16.6. The van der Waals surface area contributed by atoms with Crippen molar-refractivity contribution in [2.45, 2.75) is 316 Å². The van der Waals surface area contributed by atoms with Crippen molar-refractivity contribution in [1.82, 2.24) is 0 Å². The molecule has 76 heavy (non-hydrogen) atoms. The SMILES string of the molecule is CC/C=C\C/C=C\C/C=C\C/C=C\C/C=C\C/C=C\CCCCCCCCCCCCCCCCC(=O)OCC(COC(=O)CCCCCCC/C=C\CCCC)OC(=O)CCCCCCC/C=C\CCCCCCC. The fourth-order valence-corrected chi connectivity index (χ4v) is 8.95. The predicted octanol–water partition coefficient (Wildman–Crippen LogP) is 22.0. The maximum Gasteiger partial charge on any atom is 0.306 e. The summed E-state index contributed by atoms with van der Waals surface area (Å²) in [6.07, 6.45) is 85.7. The molecule has 6 heteroatoms. The topological polar surface area (TPSA) is 78.9 Å². The predicted molar refractivity (Wildman–Crippen MR) is 330 cm³/mol. The summed E-state index contributed by atoms with van der Waals surface area (Å²) >= 11 is 0. The number of esters is 3. The fourth-order valence-electron chi connectivity index (χ4n) is 8.95. The van der Waals surface area contributed by atoms with E-state index in [1.165, 1.54) is 154 Å². The van der Waals surface area contributed by atoms with Gasteiger partial charge in [0.1, 0.15) is 13.2 Å². The van der Waals surface area contributed by atoms with Crippen LogP contribution in [0.3, 0.4) is 0 Å². The number of carbonyl (C=O) groups excluding carboxylic acids is 3. The summed E-state index contributed by atoms with van der Waals surface area (Å²) in [7, 11) is 0. The van der Waals surface area contributed by atoms with Crippen molar-refractivity contribution < 1.29 is 28.6 Å². The molecule has 0 amide bonds. The van der Waals surface area contributed by atoms with E-state index < -0.39 is 6.10 Å². The van der Waals surface area contributed by atoms with Gasteiger partial charge in [-0.2, -0.15) is 0 Å². The molecule has 0 aliphatic heterocycles. The van der Waals surface area contributed by atoms with Crippen LogP contribution >= 0.6 is 0 Å². The zero-order valence-electron chi connectivity index (χ0n) is 50.0. The van der Waals surface area contributed by atoms with Gasteiger partial charge in [-0.25, -0.2) is 0 Å². The van der Waals surface area contributed by atoms with E-state index in [4.69, 9.17) is 14.2 Å². The fraction of sp³-hybridized carbons (Fsp3) is 0.729. The molecule has 0 aliphatic carbocycles. The molecule has 0 spiro atoms. The zero-order chi connectivity index (χ0) is 55.0. The molecule has 6 nitrogen and oxygen atoms in total. The summed E-state index contributed by atoms with van der Waals surface area (Å²) in [5.41, 5.74) is 0. The van der Waals surface area contributed by atoms with E-state index >= 15 is 0 Å². The smallest absolute Gasteiger partial charge is 0.306 e. The van der Waals surface area contributed by atoms with E-state index in [1.807, 2.05) is 0 Å². The van der Waals surface area contributed by atoms with Crippen molar-refractivity contribution in [3.05, 3.63) is 97.2 Å². The van der Waals surface area contributed by atoms with Crippen LogP contribution in [-0.4, -0.2) is 37.2 Å². The van der Waals surface area contributed by atoms with Crippen LogP contribution < -0.4 is 0 Å². The molecule has 0 fully saturated rings. The molecule has 0 bridgehead atoms. The normalized spacial score (nSPS) is 12.7. The van der Waals surface area contributed by atoms with Crippen LogP contribution in [0.2, 0.25) is 0 Å². The third kappa shape index (κ3) is 61.2. The lowest BCUT2D eigenvalue weighted by Crippen LogP contribution is -2.30. The lowest BCUT2D eigenvalue weighted by atomic mass is 10.0. The highest BCUT2D eigenvalue weighted by molar-refractivity contribution is 5.71. The Balaban J connectivity index is 4.14. The van der Waals surface area contributed by atoms with Crippen molar-refractivity contribution >= 4 is 17.9 Å². The van der Waals surface area contributed by atoms with Gasteiger partial charge in [-0.3, -0.25) is 14.4 Å². The number of hydrogen-bond acceptors (Lipinski definition) is 6. The summed E-state index contributed by atoms with van der Waals surface area (Å²) < 4.78 is 16.9. The third-order valence-corrected chi connectivity index (χ3v) is 13.8. The van der Waals surface area contributed by atoms with E-state index in [0.717, 1.165) is 116 Å².